The minimum atomic E-state index is -1.99. The molecule has 1 aromatic rings. The molecule has 106 valence electrons. The van der Waals surface area contributed by atoms with Gasteiger partial charge < -0.3 is 20.1 Å². The maximum absolute atomic E-state index is 11.8. The summed E-state index contributed by atoms with van der Waals surface area (Å²) >= 11 is 0. The van der Waals surface area contributed by atoms with Crippen molar-refractivity contribution in [1.29, 1.82) is 0 Å². The molecule has 1 saturated heterocycles. The van der Waals surface area contributed by atoms with Crippen molar-refractivity contribution >= 4 is 0 Å². The van der Waals surface area contributed by atoms with Crippen LogP contribution in [0.1, 0.15) is 22.8 Å². The summed E-state index contributed by atoms with van der Waals surface area (Å²) in [7, 11) is 0. The van der Waals surface area contributed by atoms with Gasteiger partial charge in [-0.2, -0.15) is 0 Å². The Hall–Kier alpha value is -1.48. The average molecular weight is 274 g/mol. The van der Waals surface area contributed by atoms with Crippen molar-refractivity contribution in [3.63, 3.8) is 0 Å². The molecule has 0 saturated carbocycles. The van der Waals surface area contributed by atoms with Gasteiger partial charge in [0.15, 0.2) is 6.23 Å². The third-order valence-corrected chi connectivity index (χ3v) is 3.14. The number of rotatable bonds is 2. The van der Waals surface area contributed by atoms with Crippen LogP contribution in [0.4, 0.5) is 0 Å². The van der Waals surface area contributed by atoms with Crippen molar-refractivity contribution in [2.24, 2.45) is 0 Å². The van der Waals surface area contributed by atoms with Crippen LogP contribution in [0, 0.1) is 0 Å². The number of nitrogens with zero attached hydrogens (tertiary/aromatic N) is 1. The van der Waals surface area contributed by atoms with E-state index in [0.29, 0.717) is 4.57 Å². The van der Waals surface area contributed by atoms with Crippen LogP contribution < -0.4 is 11.2 Å². The van der Waals surface area contributed by atoms with Gasteiger partial charge in [0.1, 0.15) is 17.8 Å². The van der Waals surface area contributed by atoms with Crippen LogP contribution in [0.3, 0.4) is 0 Å². The molecule has 8 nitrogen and oxygen atoms in total. The highest BCUT2D eigenvalue weighted by Crippen LogP contribution is 2.38. The molecule has 0 amide bonds. The Balaban J connectivity index is 2.60. The van der Waals surface area contributed by atoms with E-state index in [4.69, 9.17) is 7.48 Å². The predicted octanol–water partition coefficient (Wildman–Crippen LogP) is -2.07. The number of hydrogen-bond acceptors (Lipinski definition) is 6. The van der Waals surface area contributed by atoms with E-state index in [1.807, 2.05) is 4.98 Å². The van der Waals surface area contributed by atoms with Crippen LogP contribution in [0.5, 0.6) is 0 Å². The molecule has 1 aliphatic rings. The molecule has 0 spiro atoms. The summed E-state index contributed by atoms with van der Waals surface area (Å²) in [5, 5.41) is 29.8. The van der Waals surface area contributed by atoms with Crippen LogP contribution in [0.2, 0.25) is 0 Å². The Kier molecular flexibility index (Phi) is 2.73. The van der Waals surface area contributed by atoms with Crippen LogP contribution in [-0.4, -0.2) is 48.8 Å². The minimum Gasteiger partial charge on any atom is -0.391 e. The number of hydrogen-bond donors (Lipinski definition) is 4. The quantitative estimate of drug-likeness (QED) is 0.491. The molecule has 5 atom stereocenters. The molecule has 0 bridgehead atoms. The highest BCUT2D eigenvalue weighted by molar-refractivity contribution is 5.02. The second-order valence-electron chi connectivity index (χ2n) is 4.73. The maximum Gasteiger partial charge on any atom is 0.330 e. The monoisotopic (exact) mass is 274 g/mol. The molecule has 8 heteroatoms. The van der Waals surface area contributed by atoms with Crippen molar-refractivity contribution in [3.8, 4) is 0 Å². The lowest BCUT2D eigenvalue weighted by Crippen LogP contribution is -2.47. The van der Waals surface area contributed by atoms with Crippen LogP contribution in [0.15, 0.2) is 21.8 Å². The molecule has 1 aromatic heterocycles. The topological polar surface area (TPSA) is 125 Å². The van der Waals surface area contributed by atoms with E-state index < -0.39 is 53.6 Å². The van der Waals surface area contributed by atoms with Gasteiger partial charge >= 0.3 is 5.69 Å². The molecule has 1 fully saturated rings. The Bertz CT molecular complexity index is 668. The SMILES string of the molecule is [2H]c1c([2H])n([C@@H]2O[C@H](C(C)O)C(O)[C@@]2(C)O)c(=O)[nH]c1=O. The second-order valence-corrected chi connectivity index (χ2v) is 4.73. The fourth-order valence-corrected chi connectivity index (χ4v) is 2.05. The molecule has 2 rings (SSSR count). The Morgan fingerprint density at radius 1 is 1.63 bits per heavy atom. The second kappa shape index (κ2) is 4.57. The standard InChI is InChI=1S/C11H16N2O6/c1-5(14)7-8(16)11(2,18)9(19-7)13-4-3-6(15)12-10(13)17/h3-5,7-9,14,16,18H,1-2H3,(H,12,15,17)/t5?,7-,8?,9-,11-/m1/s1/i3D,4D. The molecule has 0 aromatic carbocycles. The van der Waals surface area contributed by atoms with E-state index in [2.05, 4.69) is 0 Å². The van der Waals surface area contributed by atoms with Gasteiger partial charge in [-0.05, 0) is 13.8 Å². The normalized spacial score (nSPS) is 37.8. The summed E-state index contributed by atoms with van der Waals surface area (Å²) in [6, 6.07) is -0.774. The lowest BCUT2D eigenvalue weighted by atomic mass is 9.94. The number of aliphatic hydroxyl groups is 3. The zero-order valence-corrected chi connectivity index (χ0v) is 10.3. The van der Waals surface area contributed by atoms with Gasteiger partial charge in [-0.3, -0.25) is 14.3 Å². The Morgan fingerprint density at radius 3 is 2.79 bits per heavy atom. The number of ether oxygens (including phenoxy) is 1. The minimum absolute atomic E-state index is 0.565. The molecular formula is C11H16N2O6. The van der Waals surface area contributed by atoms with E-state index in [1.165, 1.54) is 13.8 Å². The molecule has 4 N–H and O–H groups in total. The smallest absolute Gasteiger partial charge is 0.330 e. The molecule has 2 unspecified atom stereocenters. The highest BCUT2D eigenvalue weighted by Gasteiger charge is 2.54. The van der Waals surface area contributed by atoms with Crippen molar-refractivity contribution < 1.29 is 22.8 Å². The van der Waals surface area contributed by atoms with E-state index in [9.17, 15) is 24.9 Å². The van der Waals surface area contributed by atoms with Crippen molar-refractivity contribution in [2.75, 3.05) is 0 Å². The van der Waals surface area contributed by atoms with Gasteiger partial charge in [0.2, 0.25) is 0 Å². The first kappa shape index (κ1) is 11.4. The first-order valence-corrected chi connectivity index (χ1v) is 5.65. The first-order valence-electron chi connectivity index (χ1n) is 6.65. The summed E-state index contributed by atoms with van der Waals surface area (Å²) in [6.45, 7) is 2.50. The summed E-state index contributed by atoms with van der Waals surface area (Å²) in [4.78, 5) is 24.9. The molecule has 0 radical (unpaired) electrons. The van der Waals surface area contributed by atoms with E-state index in [-0.39, 0.29) is 0 Å². The summed E-state index contributed by atoms with van der Waals surface area (Å²) in [5.41, 5.74) is -4.08. The largest absolute Gasteiger partial charge is 0.391 e. The van der Waals surface area contributed by atoms with Gasteiger partial charge in [0.05, 0.1) is 8.85 Å². The lowest BCUT2D eigenvalue weighted by Gasteiger charge is -2.27. The van der Waals surface area contributed by atoms with E-state index >= 15 is 0 Å². The van der Waals surface area contributed by atoms with Crippen molar-refractivity contribution in [2.45, 2.75) is 44.0 Å². The first-order chi connectivity index (χ1) is 9.59. The third kappa shape index (κ3) is 2.23. The maximum atomic E-state index is 11.8. The molecule has 0 aliphatic carbocycles. The predicted molar refractivity (Wildman–Crippen MR) is 63.5 cm³/mol. The lowest BCUT2D eigenvalue weighted by molar-refractivity contribution is -0.103. The van der Waals surface area contributed by atoms with Gasteiger partial charge in [0.25, 0.3) is 5.56 Å². The summed E-state index contributed by atoms with van der Waals surface area (Å²) in [6.07, 6.45) is -6.12. The summed E-state index contributed by atoms with van der Waals surface area (Å²) in [5.74, 6) is 0. The number of aromatic amines is 1. The molecule has 2 heterocycles. The number of H-pyrrole nitrogens is 1. The fourth-order valence-electron chi connectivity index (χ4n) is 2.05. The molecule has 1 aliphatic heterocycles. The fraction of sp³-hybridized carbons (Fsp3) is 0.636. The van der Waals surface area contributed by atoms with E-state index in [1.54, 1.807) is 0 Å². The van der Waals surface area contributed by atoms with Crippen molar-refractivity contribution in [3.05, 3.63) is 33.1 Å². The van der Waals surface area contributed by atoms with Gasteiger partial charge in [-0.1, -0.05) is 0 Å². The van der Waals surface area contributed by atoms with Gasteiger partial charge in [-0.25, -0.2) is 4.79 Å². The number of aliphatic hydroxyl groups excluding tert-OH is 2. The molecular weight excluding hydrogens is 256 g/mol. The number of nitrogens with one attached hydrogen (secondary N) is 1. The van der Waals surface area contributed by atoms with Gasteiger partial charge in [0, 0.05) is 12.2 Å². The van der Waals surface area contributed by atoms with Crippen LogP contribution >= 0.6 is 0 Å². The molecule has 19 heavy (non-hydrogen) atoms. The Morgan fingerprint density at radius 2 is 2.26 bits per heavy atom. The summed E-state index contributed by atoms with van der Waals surface area (Å²) < 4.78 is 20.9. The number of aromatic nitrogens is 2. The average Bonchev–Trinajstić information content (AvgIpc) is 2.60. The third-order valence-electron chi connectivity index (χ3n) is 3.14. The Labute approximate surface area is 110 Å². The van der Waals surface area contributed by atoms with E-state index in [0.717, 1.165) is 0 Å². The van der Waals surface area contributed by atoms with Crippen LogP contribution in [0.25, 0.3) is 0 Å². The zero-order chi connectivity index (χ0) is 16.1. The highest BCUT2D eigenvalue weighted by atomic mass is 16.6. The zero-order valence-electron chi connectivity index (χ0n) is 12.3. The van der Waals surface area contributed by atoms with Gasteiger partial charge in [-0.15, -0.1) is 0 Å². The van der Waals surface area contributed by atoms with Crippen molar-refractivity contribution in [1.82, 2.24) is 9.55 Å². The van der Waals surface area contributed by atoms with Crippen LogP contribution in [-0.2, 0) is 4.74 Å².